The Balaban J connectivity index is 1.31. The monoisotopic (exact) mass is 409 g/mol. The predicted molar refractivity (Wildman–Crippen MR) is 110 cm³/mol. The smallest absolute Gasteiger partial charge is 0.233 e. The summed E-state index contributed by atoms with van der Waals surface area (Å²) >= 11 is 0. The van der Waals surface area contributed by atoms with Crippen molar-refractivity contribution in [2.24, 2.45) is 0 Å². The van der Waals surface area contributed by atoms with Gasteiger partial charge in [0.2, 0.25) is 5.88 Å². The number of furan rings is 1. The molecule has 2 aliphatic heterocycles. The summed E-state index contributed by atoms with van der Waals surface area (Å²) in [4.78, 5) is 0. The number of rotatable bonds is 4. The molecule has 0 spiro atoms. The van der Waals surface area contributed by atoms with Gasteiger partial charge in [-0.1, -0.05) is 12.5 Å². The molecule has 3 aromatic rings. The van der Waals surface area contributed by atoms with Crippen LogP contribution in [0.1, 0.15) is 31.4 Å². The van der Waals surface area contributed by atoms with Crippen molar-refractivity contribution in [2.75, 3.05) is 0 Å². The molecule has 4 atom stereocenters. The van der Waals surface area contributed by atoms with Crippen LogP contribution in [0.4, 0.5) is 4.39 Å². The minimum absolute atomic E-state index is 0.101. The van der Waals surface area contributed by atoms with Gasteiger partial charge < -0.3 is 19.6 Å². The van der Waals surface area contributed by atoms with Gasteiger partial charge in [-0.3, -0.25) is 0 Å². The number of hydrogen-bond acceptors (Lipinski definition) is 6. The third-order valence-electron chi connectivity index (χ3n) is 6.02. The fourth-order valence-electron chi connectivity index (χ4n) is 4.48. The Labute approximate surface area is 174 Å². The molecule has 0 aliphatic carbocycles. The van der Waals surface area contributed by atoms with Gasteiger partial charge in [0.05, 0.1) is 12.0 Å². The van der Waals surface area contributed by atoms with Crippen molar-refractivity contribution in [3.63, 3.8) is 0 Å². The SMILES string of the molecule is Cc1cc(-c2ccc(-c3ccc(O[C@H]4C[C@@H]5CCC[C@@H](N5)[C@H]4F)nn3)c(O)c2)co1. The highest BCUT2D eigenvalue weighted by atomic mass is 19.1. The molecule has 5 rings (SSSR count). The van der Waals surface area contributed by atoms with Crippen molar-refractivity contribution in [1.29, 1.82) is 0 Å². The third-order valence-corrected chi connectivity index (χ3v) is 6.02. The van der Waals surface area contributed by atoms with E-state index < -0.39 is 12.3 Å². The number of phenols is 1. The van der Waals surface area contributed by atoms with Gasteiger partial charge in [0.1, 0.15) is 17.6 Å². The number of aromatic hydroxyl groups is 1. The quantitative estimate of drug-likeness (QED) is 0.664. The standard InChI is InChI=1S/C23H24FN3O3/c1-13-9-15(12-29-13)14-5-6-17(20(28)10-14)18-7-8-22(27-26-18)30-21-11-16-3-2-4-19(25-16)23(21)24/h5-10,12,16,19,21,23,25,28H,2-4,11H2,1H3/t16-,19+,21-,23+/m0/s1. The Bertz CT molecular complexity index is 1040. The van der Waals surface area contributed by atoms with Gasteiger partial charge in [-0.05, 0) is 49.6 Å². The molecule has 0 unspecified atom stereocenters. The maximum absolute atomic E-state index is 14.7. The van der Waals surface area contributed by atoms with E-state index in [2.05, 4.69) is 15.5 Å². The summed E-state index contributed by atoms with van der Waals surface area (Å²) in [5, 5.41) is 22.1. The van der Waals surface area contributed by atoms with Crippen LogP contribution in [0.2, 0.25) is 0 Å². The first-order valence-electron chi connectivity index (χ1n) is 10.4. The number of aromatic nitrogens is 2. The van der Waals surface area contributed by atoms with E-state index in [4.69, 9.17) is 9.15 Å². The minimum atomic E-state index is -1.05. The average molecular weight is 409 g/mol. The topological polar surface area (TPSA) is 80.4 Å². The number of phenolic OH excluding ortho intramolecular Hbond substituents is 1. The number of ether oxygens (including phenoxy) is 1. The van der Waals surface area contributed by atoms with Crippen LogP contribution in [0.15, 0.2) is 47.1 Å². The van der Waals surface area contributed by atoms with E-state index in [1.165, 1.54) is 0 Å². The highest BCUT2D eigenvalue weighted by molar-refractivity contribution is 5.74. The van der Waals surface area contributed by atoms with E-state index in [-0.39, 0.29) is 11.8 Å². The Morgan fingerprint density at radius 1 is 1.13 bits per heavy atom. The van der Waals surface area contributed by atoms with Crippen LogP contribution in [0.5, 0.6) is 11.6 Å². The van der Waals surface area contributed by atoms with Gasteiger partial charge in [0, 0.05) is 35.7 Å². The van der Waals surface area contributed by atoms with Gasteiger partial charge in [0.15, 0.2) is 6.17 Å². The number of aryl methyl sites for hydroxylation is 1. The minimum Gasteiger partial charge on any atom is -0.507 e. The van der Waals surface area contributed by atoms with E-state index in [1.54, 1.807) is 30.5 Å². The summed E-state index contributed by atoms with van der Waals surface area (Å²) in [6, 6.07) is 10.9. The highest BCUT2D eigenvalue weighted by Crippen LogP contribution is 2.34. The van der Waals surface area contributed by atoms with E-state index in [1.807, 2.05) is 19.1 Å². The van der Waals surface area contributed by atoms with Crippen LogP contribution < -0.4 is 10.1 Å². The number of alkyl halides is 1. The molecule has 2 bridgehead atoms. The zero-order valence-electron chi connectivity index (χ0n) is 16.7. The molecule has 0 saturated carbocycles. The fraction of sp³-hybridized carbons (Fsp3) is 0.391. The van der Waals surface area contributed by atoms with E-state index >= 15 is 0 Å². The Kier molecular flexibility index (Phi) is 4.90. The molecule has 0 amide bonds. The predicted octanol–water partition coefficient (Wildman–Crippen LogP) is 4.42. The molecule has 2 aromatic heterocycles. The van der Waals surface area contributed by atoms with Crippen LogP contribution >= 0.6 is 0 Å². The molecular formula is C23H24FN3O3. The van der Waals surface area contributed by atoms with E-state index in [0.717, 1.165) is 36.1 Å². The van der Waals surface area contributed by atoms with Gasteiger partial charge in [-0.25, -0.2) is 4.39 Å². The average Bonchev–Trinajstić information content (AvgIpc) is 3.19. The number of nitrogens with zero attached hydrogens (tertiary/aromatic N) is 2. The maximum Gasteiger partial charge on any atom is 0.233 e. The van der Waals surface area contributed by atoms with E-state index in [9.17, 15) is 9.50 Å². The third kappa shape index (κ3) is 3.65. The van der Waals surface area contributed by atoms with Crippen LogP contribution in [0, 0.1) is 6.92 Å². The number of benzene rings is 1. The number of piperidine rings is 2. The second-order valence-electron chi connectivity index (χ2n) is 8.17. The molecule has 7 heteroatoms. The van der Waals surface area contributed by atoms with Gasteiger partial charge in [0.25, 0.3) is 0 Å². The second kappa shape index (κ2) is 7.72. The Morgan fingerprint density at radius 3 is 2.77 bits per heavy atom. The molecule has 156 valence electrons. The van der Waals surface area contributed by atoms with Crippen molar-refractivity contribution < 1.29 is 18.7 Å². The van der Waals surface area contributed by atoms with Crippen LogP contribution in [0.25, 0.3) is 22.4 Å². The summed E-state index contributed by atoms with van der Waals surface area (Å²) in [7, 11) is 0. The lowest BCUT2D eigenvalue weighted by atomic mass is 9.84. The van der Waals surface area contributed by atoms with Gasteiger partial charge >= 0.3 is 0 Å². The molecule has 2 aliphatic rings. The molecule has 2 saturated heterocycles. The normalized spacial score (nSPS) is 25.8. The number of fused-ring (bicyclic) bond motifs is 2. The fourth-order valence-corrected chi connectivity index (χ4v) is 4.48. The van der Waals surface area contributed by atoms with Crippen LogP contribution in [0.3, 0.4) is 0 Å². The first kappa shape index (κ1) is 19.1. The second-order valence-corrected chi connectivity index (χ2v) is 8.17. The van der Waals surface area contributed by atoms with Crippen molar-refractivity contribution in [3.05, 3.63) is 48.4 Å². The summed E-state index contributed by atoms with van der Waals surface area (Å²) in [6.45, 7) is 1.87. The van der Waals surface area contributed by atoms with Crippen molar-refractivity contribution >= 4 is 0 Å². The zero-order valence-corrected chi connectivity index (χ0v) is 16.7. The van der Waals surface area contributed by atoms with Crippen molar-refractivity contribution in [1.82, 2.24) is 15.5 Å². The van der Waals surface area contributed by atoms with Crippen molar-refractivity contribution in [2.45, 2.75) is 57.0 Å². The summed E-state index contributed by atoms with van der Waals surface area (Å²) in [6.07, 6.45) is 3.70. The zero-order chi connectivity index (χ0) is 20.7. The lowest BCUT2D eigenvalue weighted by Gasteiger charge is -2.42. The first-order valence-corrected chi connectivity index (χ1v) is 10.4. The molecule has 2 N–H and O–H groups in total. The molecule has 0 radical (unpaired) electrons. The molecular weight excluding hydrogens is 385 g/mol. The number of hydrogen-bond donors (Lipinski definition) is 2. The lowest BCUT2D eigenvalue weighted by molar-refractivity contribution is 0.00652. The van der Waals surface area contributed by atoms with Crippen molar-refractivity contribution in [3.8, 4) is 34.0 Å². The number of nitrogens with one attached hydrogen (secondary N) is 1. The molecule has 30 heavy (non-hydrogen) atoms. The molecule has 1 aromatic carbocycles. The molecule has 2 fully saturated rings. The largest absolute Gasteiger partial charge is 0.507 e. The summed E-state index contributed by atoms with van der Waals surface area (Å²) < 4.78 is 25.9. The summed E-state index contributed by atoms with van der Waals surface area (Å²) in [5.74, 6) is 1.21. The maximum atomic E-state index is 14.7. The van der Waals surface area contributed by atoms with E-state index in [0.29, 0.717) is 29.6 Å². The Morgan fingerprint density at radius 2 is 2.03 bits per heavy atom. The highest BCUT2D eigenvalue weighted by Gasteiger charge is 2.41. The van der Waals surface area contributed by atoms with Crippen LogP contribution in [-0.4, -0.2) is 39.7 Å². The lowest BCUT2D eigenvalue weighted by Crippen LogP contribution is -2.59. The Hall–Kier alpha value is -2.93. The summed E-state index contributed by atoms with van der Waals surface area (Å²) in [5.41, 5.74) is 2.84. The first-order chi connectivity index (χ1) is 14.6. The molecule has 6 nitrogen and oxygen atoms in total. The molecule has 4 heterocycles. The van der Waals surface area contributed by atoms with Gasteiger partial charge in [-0.2, -0.15) is 0 Å². The van der Waals surface area contributed by atoms with Crippen LogP contribution in [-0.2, 0) is 0 Å². The van der Waals surface area contributed by atoms with Gasteiger partial charge in [-0.15, -0.1) is 10.2 Å². The number of halogens is 1.